The zero-order valence-corrected chi connectivity index (χ0v) is 35.0. The summed E-state index contributed by atoms with van der Waals surface area (Å²) in [7, 11) is 0. The molecule has 10 rings (SSSR count). The molecule has 0 saturated heterocycles. The van der Waals surface area contributed by atoms with Crippen molar-refractivity contribution in [1.82, 2.24) is 0 Å². The SMILES string of the molecule is Cc1ccc(-c2cc(C)ccc2N2c3ccc(C)cc3B3c4cc(C)ccc4N(c4ccc(C)cc4)c4cc(N(c5cccc(C)c5)c5cccc(C)c5)cc2c43)cc1. The Bertz CT molecular complexity index is 2880. The Kier molecular flexibility index (Phi) is 8.83. The van der Waals surface area contributed by atoms with E-state index in [9.17, 15) is 0 Å². The highest BCUT2D eigenvalue weighted by Gasteiger charge is 2.44. The standard InChI is InChI=1S/C55H48BN3/c1-35-14-21-42(22-15-35)47-30-39(5)18-25-50(47)59-52-27-20-41(7)32-49(52)56-48-31-40(6)19-26-51(48)58(43-23-16-36(2)17-24-43)53-33-46(34-54(59)55(53)56)57(44-12-8-10-37(3)28-44)45-13-9-11-38(4)29-45/h8-34H,1-7H3. The minimum atomic E-state index is 0.0245. The molecule has 0 saturated carbocycles. The second kappa shape index (κ2) is 14.3. The van der Waals surface area contributed by atoms with Gasteiger partial charge < -0.3 is 14.7 Å². The van der Waals surface area contributed by atoms with Crippen LogP contribution in [0.1, 0.15) is 38.9 Å². The van der Waals surface area contributed by atoms with Gasteiger partial charge in [-0.1, -0.05) is 119 Å². The number of aryl methyl sites for hydroxylation is 7. The molecule has 286 valence electrons. The van der Waals surface area contributed by atoms with E-state index in [0.717, 1.165) is 28.4 Å². The molecule has 2 aliphatic heterocycles. The van der Waals surface area contributed by atoms with E-state index in [2.05, 4.69) is 227 Å². The smallest absolute Gasteiger partial charge is 0.252 e. The fraction of sp³-hybridized carbons (Fsp3) is 0.127. The Balaban J connectivity index is 1.36. The monoisotopic (exact) mass is 761 g/mol. The van der Waals surface area contributed by atoms with Gasteiger partial charge in [-0.25, -0.2) is 0 Å². The summed E-state index contributed by atoms with van der Waals surface area (Å²) in [6, 6.07) is 61.9. The van der Waals surface area contributed by atoms with E-state index in [-0.39, 0.29) is 6.71 Å². The summed E-state index contributed by atoms with van der Waals surface area (Å²) in [5.41, 5.74) is 25.6. The molecule has 0 aromatic heterocycles. The van der Waals surface area contributed by atoms with Gasteiger partial charge in [0.25, 0.3) is 6.71 Å². The minimum Gasteiger partial charge on any atom is -0.311 e. The third-order valence-electron chi connectivity index (χ3n) is 12.2. The number of anilines is 9. The molecule has 0 bridgehead atoms. The largest absolute Gasteiger partial charge is 0.311 e. The fourth-order valence-electron chi connectivity index (χ4n) is 9.38. The number of hydrogen-bond donors (Lipinski definition) is 0. The molecule has 0 unspecified atom stereocenters. The first-order valence-electron chi connectivity index (χ1n) is 20.8. The van der Waals surface area contributed by atoms with E-state index in [1.807, 2.05) is 0 Å². The molecular weight excluding hydrogens is 713 g/mol. The summed E-state index contributed by atoms with van der Waals surface area (Å²) in [4.78, 5) is 7.54. The van der Waals surface area contributed by atoms with Crippen molar-refractivity contribution < 1.29 is 0 Å². The van der Waals surface area contributed by atoms with Crippen LogP contribution in [0, 0.1) is 48.5 Å². The van der Waals surface area contributed by atoms with Crippen LogP contribution in [0.25, 0.3) is 11.1 Å². The summed E-state index contributed by atoms with van der Waals surface area (Å²) in [6.45, 7) is 15.4. The second-order valence-corrected chi connectivity index (χ2v) is 16.9. The van der Waals surface area contributed by atoms with Crippen molar-refractivity contribution in [1.29, 1.82) is 0 Å². The Labute approximate surface area is 349 Å². The van der Waals surface area contributed by atoms with Gasteiger partial charge in [-0.15, -0.1) is 0 Å². The van der Waals surface area contributed by atoms with Crippen LogP contribution in [-0.4, -0.2) is 6.71 Å². The molecule has 8 aromatic carbocycles. The van der Waals surface area contributed by atoms with Crippen molar-refractivity contribution in [3.63, 3.8) is 0 Å². The lowest BCUT2D eigenvalue weighted by Gasteiger charge is -2.45. The molecule has 8 aromatic rings. The third-order valence-corrected chi connectivity index (χ3v) is 12.2. The highest BCUT2D eigenvalue weighted by molar-refractivity contribution is 7.00. The van der Waals surface area contributed by atoms with Gasteiger partial charge in [-0.05, 0) is 154 Å². The molecule has 59 heavy (non-hydrogen) atoms. The lowest BCUT2D eigenvalue weighted by atomic mass is 9.33. The lowest BCUT2D eigenvalue weighted by molar-refractivity contribution is 1.21. The van der Waals surface area contributed by atoms with Gasteiger partial charge in [0.05, 0.1) is 11.4 Å². The molecule has 0 atom stereocenters. The van der Waals surface area contributed by atoms with Crippen LogP contribution in [0.5, 0.6) is 0 Å². The van der Waals surface area contributed by atoms with E-state index in [1.165, 1.54) is 89.2 Å². The molecule has 0 aliphatic carbocycles. The predicted molar refractivity (Wildman–Crippen MR) is 254 cm³/mol. The molecular formula is C55H48BN3. The fourth-order valence-corrected chi connectivity index (χ4v) is 9.38. The van der Waals surface area contributed by atoms with Crippen molar-refractivity contribution in [2.75, 3.05) is 14.7 Å². The second-order valence-electron chi connectivity index (χ2n) is 16.9. The van der Waals surface area contributed by atoms with E-state index in [0.29, 0.717) is 0 Å². The zero-order valence-electron chi connectivity index (χ0n) is 35.0. The molecule has 0 N–H and O–H groups in total. The van der Waals surface area contributed by atoms with Crippen LogP contribution in [0.15, 0.2) is 164 Å². The highest BCUT2D eigenvalue weighted by atomic mass is 15.2. The lowest BCUT2D eigenvalue weighted by Crippen LogP contribution is -2.61. The minimum absolute atomic E-state index is 0.0245. The van der Waals surface area contributed by atoms with Crippen LogP contribution in [0.3, 0.4) is 0 Å². The first-order valence-corrected chi connectivity index (χ1v) is 20.8. The number of fused-ring (bicyclic) bond motifs is 4. The number of benzene rings is 8. The predicted octanol–water partition coefficient (Wildman–Crippen LogP) is 13.1. The van der Waals surface area contributed by atoms with Crippen molar-refractivity contribution in [2.45, 2.75) is 48.5 Å². The van der Waals surface area contributed by atoms with E-state index >= 15 is 0 Å². The molecule has 2 heterocycles. The maximum absolute atomic E-state index is 2.57. The average molecular weight is 762 g/mol. The van der Waals surface area contributed by atoms with Crippen LogP contribution in [-0.2, 0) is 0 Å². The Morgan fingerprint density at radius 2 is 0.814 bits per heavy atom. The normalized spacial score (nSPS) is 12.6. The number of nitrogens with zero attached hydrogens (tertiary/aromatic N) is 3. The summed E-state index contributed by atoms with van der Waals surface area (Å²) in [5.74, 6) is 0. The van der Waals surface area contributed by atoms with Crippen LogP contribution in [0.4, 0.5) is 51.2 Å². The molecule has 0 amide bonds. The number of hydrogen-bond acceptors (Lipinski definition) is 3. The van der Waals surface area contributed by atoms with Crippen molar-refractivity contribution >= 4 is 74.3 Å². The summed E-state index contributed by atoms with van der Waals surface area (Å²) in [5, 5.41) is 0. The Hall–Kier alpha value is -6.78. The summed E-state index contributed by atoms with van der Waals surface area (Å²) >= 11 is 0. The van der Waals surface area contributed by atoms with Crippen molar-refractivity contribution in [2.24, 2.45) is 0 Å². The first-order chi connectivity index (χ1) is 28.6. The highest BCUT2D eigenvalue weighted by Crippen LogP contribution is 2.50. The number of rotatable bonds is 6. The van der Waals surface area contributed by atoms with E-state index < -0.39 is 0 Å². The summed E-state index contributed by atoms with van der Waals surface area (Å²) in [6.07, 6.45) is 0. The zero-order chi connectivity index (χ0) is 40.5. The topological polar surface area (TPSA) is 9.72 Å². The van der Waals surface area contributed by atoms with Crippen molar-refractivity contribution in [3.05, 3.63) is 203 Å². The van der Waals surface area contributed by atoms with Gasteiger partial charge in [0.15, 0.2) is 0 Å². The average Bonchev–Trinajstić information content (AvgIpc) is 3.22. The van der Waals surface area contributed by atoms with Gasteiger partial charge in [0.1, 0.15) is 0 Å². The first kappa shape index (κ1) is 36.6. The van der Waals surface area contributed by atoms with E-state index in [1.54, 1.807) is 0 Å². The van der Waals surface area contributed by atoms with Gasteiger partial charge >= 0.3 is 0 Å². The van der Waals surface area contributed by atoms with E-state index in [4.69, 9.17) is 0 Å². The summed E-state index contributed by atoms with van der Waals surface area (Å²) < 4.78 is 0. The third kappa shape index (κ3) is 6.31. The van der Waals surface area contributed by atoms with Crippen LogP contribution in [0.2, 0.25) is 0 Å². The maximum Gasteiger partial charge on any atom is 0.252 e. The molecule has 0 spiro atoms. The van der Waals surface area contributed by atoms with Crippen molar-refractivity contribution in [3.8, 4) is 11.1 Å². The molecule has 3 nitrogen and oxygen atoms in total. The Morgan fingerprint density at radius 3 is 1.37 bits per heavy atom. The van der Waals surface area contributed by atoms with Gasteiger partial charge in [-0.3, -0.25) is 0 Å². The van der Waals surface area contributed by atoms with Crippen LogP contribution >= 0.6 is 0 Å². The Morgan fingerprint density at radius 1 is 0.356 bits per heavy atom. The molecule has 4 heteroatoms. The van der Waals surface area contributed by atoms with Gasteiger partial charge in [0, 0.05) is 45.4 Å². The molecule has 0 radical (unpaired) electrons. The maximum atomic E-state index is 2.57. The molecule has 2 aliphatic rings. The van der Waals surface area contributed by atoms with Crippen LogP contribution < -0.4 is 31.1 Å². The molecule has 0 fully saturated rings. The van der Waals surface area contributed by atoms with Gasteiger partial charge in [0.2, 0.25) is 0 Å². The quantitative estimate of drug-likeness (QED) is 0.156. The van der Waals surface area contributed by atoms with Gasteiger partial charge in [-0.2, -0.15) is 0 Å².